The van der Waals surface area contributed by atoms with E-state index >= 15 is 0 Å². The van der Waals surface area contributed by atoms with Crippen LogP contribution in [0, 0.1) is 5.92 Å². The molecule has 0 bridgehead atoms. The minimum atomic E-state index is -0.616. The zero-order valence-electron chi connectivity index (χ0n) is 10.5. The van der Waals surface area contributed by atoms with Crippen LogP contribution in [0.2, 0.25) is 5.02 Å². The molecule has 94 valence electrons. The third kappa shape index (κ3) is 3.02. The standard InChI is InChI=1S/C15H21ClO/c1-2-3-12-8-10-15(17,11-9-12)13-4-6-14(16)7-5-13/h4-7,12,17H,2-3,8-11H2,1H3. The Kier molecular flexibility index (Phi) is 4.11. The minimum absolute atomic E-state index is 0.616. The predicted molar refractivity (Wildman–Crippen MR) is 72.2 cm³/mol. The summed E-state index contributed by atoms with van der Waals surface area (Å²) >= 11 is 5.88. The van der Waals surface area contributed by atoms with Crippen LogP contribution in [-0.2, 0) is 5.60 Å². The van der Waals surface area contributed by atoms with Gasteiger partial charge in [0, 0.05) is 5.02 Å². The predicted octanol–water partition coefficient (Wildman–Crippen LogP) is 4.52. The summed E-state index contributed by atoms with van der Waals surface area (Å²) in [4.78, 5) is 0. The van der Waals surface area contributed by atoms with Gasteiger partial charge in [-0.1, -0.05) is 43.5 Å². The monoisotopic (exact) mass is 252 g/mol. The Morgan fingerprint density at radius 2 is 1.82 bits per heavy atom. The lowest BCUT2D eigenvalue weighted by atomic mass is 9.74. The summed E-state index contributed by atoms with van der Waals surface area (Å²) in [6, 6.07) is 7.66. The van der Waals surface area contributed by atoms with Gasteiger partial charge in [-0.15, -0.1) is 0 Å². The van der Waals surface area contributed by atoms with Crippen molar-refractivity contribution in [3.05, 3.63) is 34.9 Å². The average Bonchev–Trinajstić information content (AvgIpc) is 2.33. The summed E-state index contributed by atoms with van der Waals surface area (Å²) in [7, 11) is 0. The van der Waals surface area contributed by atoms with Gasteiger partial charge in [-0.05, 0) is 49.3 Å². The smallest absolute Gasteiger partial charge is 0.0896 e. The summed E-state index contributed by atoms with van der Waals surface area (Å²) in [6.07, 6.45) is 6.62. The highest BCUT2D eigenvalue weighted by molar-refractivity contribution is 6.30. The first-order chi connectivity index (χ1) is 8.14. The van der Waals surface area contributed by atoms with Crippen molar-refractivity contribution in [1.29, 1.82) is 0 Å². The van der Waals surface area contributed by atoms with Crippen molar-refractivity contribution in [3.63, 3.8) is 0 Å². The number of benzene rings is 1. The van der Waals surface area contributed by atoms with Gasteiger partial charge in [0.1, 0.15) is 0 Å². The van der Waals surface area contributed by atoms with Gasteiger partial charge in [-0.25, -0.2) is 0 Å². The van der Waals surface area contributed by atoms with Crippen molar-refractivity contribution in [2.45, 2.75) is 51.0 Å². The third-order valence-electron chi connectivity index (χ3n) is 4.01. The SMILES string of the molecule is CCCC1CCC(O)(c2ccc(Cl)cc2)CC1. The Bertz CT molecular complexity index is 350. The fraction of sp³-hybridized carbons (Fsp3) is 0.600. The van der Waals surface area contributed by atoms with Crippen molar-refractivity contribution < 1.29 is 5.11 Å². The van der Waals surface area contributed by atoms with Crippen LogP contribution >= 0.6 is 11.6 Å². The van der Waals surface area contributed by atoms with Crippen molar-refractivity contribution in [2.75, 3.05) is 0 Å². The van der Waals surface area contributed by atoms with E-state index in [2.05, 4.69) is 6.92 Å². The number of halogens is 1. The molecule has 1 aromatic carbocycles. The highest BCUT2D eigenvalue weighted by atomic mass is 35.5. The van der Waals surface area contributed by atoms with Gasteiger partial charge in [0.15, 0.2) is 0 Å². The van der Waals surface area contributed by atoms with Gasteiger partial charge in [0.05, 0.1) is 5.60 Å². The molecule has 0 aromatic heterocycles. The van der Waals surface area contributed by atoms with E-state index in [1.54, 1.807) is 0 Å². The molecule has 0 saturated heterocycles. The Morgan fingerprint density at radius 3 is 2.35 bits per heavy atom. The second-order valence-corrected chi connectivity index (χ2v) is 5.71. The fourth-order valence-corrected chi connectivity index (χ4v) is 3.03. The first kappa shape index (κ1) is 12.9. The van der Waals surface area contributed by atoms with Gasteiger partial charge in [0.25, 0.3) is 0 Å². The quantitative estimate of drug-likeness (QED) is 0.839. The molecule has 0 radical (unpaired) electrons. The molecule has 0 amide bonds. The average molecular weight is 253 g/mol. The molecule has 2 heteroatoms. The highest BCUT2D eigenvalue weighted by Gasteiger charge is 2.34. The van der Waals surface area contributed by atoms with Crippen molar-refractivity contribution >= 4 is 11.6 Å². The molecular formula is C15H21ClO. The van der Waals surface area contributed by atoms with Gasteiger partial charge >= 0.3 is 0 Å². The molecule has 1 fully saturated rings. The molecule has 1 N–H and O–H groups in total. The second kappa shape index (κ2) is 5.41. The van der Waals surface area contributed by atoms with Crippen LogP contribution in [0.4, 0.5) is 0 Å². The van der Waals surface area contributed by atoms with E-state index in [1.807, 2.05) is 24.3 Å². The maximum Gasteiger partial charge on any atom is 0.0896 e. The number of hydrogen-bond acceptors (Lipinski definition) is 1. The summed E-state index contributed by atoms with van der Waals surface area (Å²) in [5.41, 5.74) is 0.409. The van der Waals surface area contributed by atoms with Crippen LogP contribution in [-0.4, -0.2) is 5.11 Å². The topological polar surface area (TPSA) is 20.2 Å². The molecule has 0 unspecified atom stereocenters. The van der Waals surface area contributed by atoms with Gasteiger partial charge in [-0.2, -0.15) is 0 Å². The van der Waals surface area contributed by atoms with E-state index in [0.717, 1.165) is 42.2 Å². The molecule has 0 spiro atoms. The fourth-order valence-electron chi connectivity index (χ4n) is 2.90. The summed E-state index contributed by atoms with van der Waals surface area (Å²) in [6.45, 7) is 2.24. The van der Waals surface area contributed by atoms with Crippen LogP contribution in [0.1, 0.15) is 51.0 Å². The Labute approximate surface area is 109 Å². The van der Waals surface area contributed by atoms with E-state index in [0.29, 0.717) is 0 Å². The van der Waals surface area contributed by atoms with Crippen molar-refractivity contribution in [2.24, 2.45) is 5.92 Å². The summed E-state index contributed by atoms with van der Waals surface area (Å²) < 4.78 is 0. The van der Waals surface area contributed by atoms with Crippen molar-refractivity contribution in [1.82, 2.24) is 0 Å². The first-order valence-corrected chi connectivity index (χ1v) is 7.00. The molecular weight excluding hydrogens is 232 g/mol. The van der Waals surface area contributed by atoms with Gasteiger partial charge in [-0.3, -0.25) is 0 Å². The molecule has 1 aliphatic carbocycles. The Hall–Kier alpha value is -0.530. The van der Waals surface area contributed by atoms with E-state index in [1.165, 1.54) is 12.8 Å². The van der Waals surface area contributed by atoms with E-state index in [9.17, 15) is 5.11 Å². The second-order valence-electron chi connectivity index (χ2n) is 5.27. The zero-order valence-corrected chi connectivity index (χ0v) is 11.2. The van der Waals surface area contributed by atoms with Crippen LogP contribution in [0.25, 0.3) is 0 Å². The molecule has 2 rings (SSSR count). The lowest BCUT2D eigenvalue weighted by Gasteiger charge is -2.36. The molecule has 17 heavy (non-hydrogen) atoms. The molecule has 0 heterocycles. The molecule has 1 nitrogen and oxygen atoms in total. The number of aliphatic hydroxyl groups is 1. The van der Waals surface area contributed by atoms with Gasteiger partial charge in [0.2, 0.25) is 0 Å². The molecule has 1 aromatic rings. The largest absolute Gasteiger partial charge is 0.385 e. The molecule has 1 aliphatic rings. The third-order valence-corrected chi connectivity index (χ3v) is 4.26. The highest BCUT2D eigenvalue weighted by Crippen LogP contribution is 2.40. The number of hydrogen-bond donors (Lipinski definition) is 1. The van der Waals surface area contributed by atoms with Crippen LogP contribution in [0.5, 0.6) is 0 Å². The Morgan fingerprint density at radius 1 is 1.24 bits per heavy atom. The maximum atomic E-state index is 10.7. The van der Waals surface area contributed by atoms with E-state index in [4.69, 9.17) is 11.6 Å². The zero-order chi connectivity index (χ0) is 12.3. The minimum Gasteiger partial charge on any atom is -0.385 e. The van der Waals surface area contributed by atoms with Crippen molar-refractivity contribution in [3.8, 4) is 0 Å². The lowest BCUT2D eigenvalue weighted by molar-refractivity contribution is -0.0152. The normalized spacial score (nSPS) is 29.2. The maximum absolute atomic E-state index is 10.7. The Balaban J connectivity index is 2.04. The summed E-state index contributed by atoms with van der Waals surface area (Å²) in [5, 5.41) is 11.4. The lowest BCUT2D eigenvalue weighted by Crippen LogP contribution is -2.31. The van der Waals surface area contributed by atoms with Crippen LogP contribution in [0.3, 0.4) is 0 Å². The molecule has 1 saturated carbocycles. The summed E-state index contributed by atoms with van der Waals surface area (Å²) in [5.74, 6) is 0.813. The van der Waals surface area contributed by atoms with E-state index in [-0.39, 0.29) is 0 Å². The number of rotatable bonds is 3. The van der Waals surface area contributed by atoms with Gasteiger partial charge < -0.3 is 5.11 Å². The molecule has 0 aliphatic heterocycles. The van der Waals surface area contributed by atoms with Crippen LogP contribution < -0.4 is 0 Å². The van der Waals surface area contributed by atoms with E-state index < -0.39 is 5.60 Å². The van der Waals surface area contributed by atoms with Crippen LogP contribution in [0.15, 0.2) is 24.3 Å². The first-order valence-electron chi connectivity index (χ1n) is 6.62. The molecule has 0 atom stereocenters.